The third kappa shape index (κ3) is 4.22. The molecule has 0 amide bonds. The fourth-order valence-electron chi connectivity index (χ4n) is 2.58. The maximum atomic E-state index is 11.3. The molecule has 1 N–H and O–H groups in total. The van der Waals surface area contributed by atoms with Crippen molar-refractivity contribution in [2.75, 3.05) is 13.2 Å². The molecule has 0 radical (unpaired) electrons. The lowest BCUT2D eigenvalue weighted by Crippen LogP contribution is -2.16. The first kappa shape index (κ1) is 17.9. The van der Waals surface area contributed by atoms with Crippen LogP contribution in [0.1, 0.15) is 28.8 Å². The van der Waals surface area contributed by atoms with Gasteiger partial charge >= 0.3 is 0 Å². The van der Waals surface area contributed by atoms with Gasteiger partial charge in [0, 0.05) is 27.4 Å². The Kier molecular flexibility index (Phi) is 5.75. The van der Waals surface area contributed by atoms with Crippen molar-refractivity contribution in [1.29, 1.82) is 0 Å². The molecule has 2 aliphatic heterocycles. The second-order valence-corrected chi connectivity index (χ2v) is 7.28. The number of ether oxygens (including phenoxy) is 2. The molecule has 0 fully saturated rings. The Balaban J connectivity index is 0.000000146. The van der Waals surface area contributed by atoms with Crippen LogP contribution in [0.4, 0.5) is 0 Å². The monoisotopic (exact) mass is 467 g/mol. The standard InChI is InChI=1S/C9H8BrNO2.C9H7BrO2/c10-6-1-2-7-8(11-12)3-4-13-9(7)5-6;10-6-1-2-7-8(11)3-4-12-9(7)5-6/h1-2,5,12H,3-4H2;1-2,5H,3-4H2. The van der Waals surface area contributed by atoms with Crippen LogP contribution in [0.3, 0.4) is 0 Å². The number of fused-ring (bicyclic) bond motifs is 2. The van der Waals surface area contributed by atoms with Crippen LogP contribution in [-0.2, 0) is 0 Å². The van der Waals surface area contributed by atoms with Gasteiger partial charge in [0.15, 0.2) is 5.78 Å². The van der Waals surface area contributed by atoms with E-state index in [0.29, 0.717) is 43.1 Å². The van der Waals surface area contributed by atoms with Gasteiger partial charge in [-0.1, -0.05) is 37.0 Å². The number of carbonyl (C=O) groups excluding carboxylic acids is 1. The van der Waals surface area contributed by atoms with Crippen LogP contribution >= 0.6 is 31.9 Å². The van der Waals surface area contributed by atoms with Gasteiger partial charge in [0.1, 0.15) is 11.5 Å². The van der Waals surface area contributed by atoms with Crippen molar-refractivity contribution in [3.8, 4) is 11.5 Å². The summed E-state index contributed by atoms with van der Waals surface area (Å²) in [7, 11) is 0. The minimum absolute atomic E-state index is 0.170. The van der Waals surface area contributed by atoms with Gasteiger partial charge in [-0.3, -0.25) is 4.79 Å². The average Bonchev–Trinajstić information content (AvgIpc) is 2.61. The highest BCUT2D eigenvalue weighted by atomic mass is 79.9. The molecule has 130 valence electrons. The van der Waals surface area contributed by atoms with Crippen molar-refractivity contribution in [2.24, 2.45) is 5.16 Å². The van der Waals surface area contributed by atoms with Crippen LogP contribution in [0.2, 0.25) is 0 Å². The summed E-state index contributed by atoms with van der Waals surface area (Å²) in [5.74, 6) is 1.64. The Bertz CT molecular complexity index is 836. The van der Waals surface area contributed by atoms with Crippen LogP contribution in [0.15, 0.2) is 50.5 Å². The van der Waals surface area contributed by atoms with Crippen molar-refractivity contribution in [3.05, 3.63) is 56.5 Å². The van der Waals surface area contributed by atoms with Crippen molar-refractivity contribution in [2.45, 2.75) is 12.8 Å². The van der Waals surface area contributed by atoms with Crippen LogP contribution in [0.25, 0.3) is 0 Å². The number of ketones is 1. The molecule has 2 aromatic rings. The Labute approximate surface area is 161 Å². The van der Waals surface area contributed by atoms with E-state index in [1.807, 2.05) is 30.3 Å². The van der Waals surface area contributed by atoms with Crippen LogP contribution in [0, 0.1) is 0 Å². The van der Waals surface area contributed by atoms with E-state index in [1.165, 1.54) is 0 Å². The molecule has 0 aliphatic carbocycles. The lowest BCUT2D eigenvalue weighted by molar-refractivity contribution is 0.0933. The van der Waals surface area contributed by atoms with E-state index < -0.39 is 0 Å². The van der Waals surface area contributed by atoms with E-state index in [4.69, 9.17) is 14.7 Å². The zero-order valence-corrected chi connectivity index (χ0v) is 16.3. The molecule has 7 heteroatoms. The summed E-state index contributed by atoms with van der Waals surface area (Å²) in [4.78, 5) is 11.3. The zero-order chi connectivity index (χ0) is 17.8. The first-order valence-electron chi connectivity index (χ1n) is 7.67. The number of Topliss-reactive ketones (excluding diaryl/α,β-unsaturated/α-hetero) is 1. The van der Waals surface area contributed by atoms with Gasteiger partial charge < -0.3 is 14.7 Å². The van der Waals surface area contributed by atoms with Gasteiger partial charge in [-0.05, 0) is 36.4 Å². The highest BCUT2D eigenvalue weighted by Gasteiger charge is 2.18. The summed E-state index contributed by atoms with van der Waals surface area (Å²) in [5.41, 5.74) is 2.26. The number of hydrogen-bond acceptors (Lipinski definition) is 5. The van der Waals surface area contributed by atoms with E-state index in [0.717, 1.165) is 20.3 Å². The molecule has 0 spiro atoms. The number of halogens is 2. The number of nitrogens with zero attached hydrogens (tertiary/aromatic N) is 1. The minimum atomic E-state index is 0.170. The van der Waals surface area contributed by atoms with Crippen molar-refractivity contribution < 1.29 is 19.5 Å². The third-order valence-corrected chi connectivity index (χ3v) is 4.79. The van der Waals surface area contributed by atoms with Gasteiger partial charge in [0.2, 0.25) is 0 Å². The predicted molar refractivity (Wildman–Crippen MR) is 101 cm³/mol. The molecule has 5 nitrogen and oxygen atoms in total. The molecule has 2 aliphatic rings. The van der Waals surface area contributed by atoms with E-state index in [-0.39, 0.29) is 5.78 Å². The highest BCUT2D eigenvalue weighted by molar-refractivity contribution is 9.10. The maximum Gasteiger partial charge on any atom is 0.169 e. The number of hydrogen-bond donors (Lipinski definition) is 1. The van der Waals surface area contributed by atoms with Crippen molar-refractivity contribution >= 4 is 43.4 Å². The highest BCUT2D eigenvalue weighted by Crippen LogP contribution is 2.29. The molecular formula is C18H15Br2NO4. The van der Waals surface area contributed by atoms with Gasteiger partial charge in [-0.15, -0.1) is 0 Å². The predicted octanol–water partition coefficient (Wildman–Crippen LogP) is 4.82. The lowest BCUT2D eigenvalue weighted by Gasteiger charge is -2.17. The smallest absolute Gasteiger partial charge is 0.169 e. The van der Waals surface area contributed by atoms with Gasteiger partial charge in [-0.25, -0.2) is 0 Å². The average molecular weight is 469 g/mol. The van der Waals surface area contributed by atoms with E-state index in [2.05, 4.69) is 37.0 Å². The van der Waals surface area contributed by atoms with Crippen LogP contribution < -0.4 is 9.47 Å². The molecule has 2 heterocycles. The minimum Gasteiger partial charge on any atom is -0.492 e. The molecule has 0 unspecified atom stereocenters. The molecule has 0 saturated heterocycles. The largest absolute Gasteiger partial charge is 0.492 e. The number of oxime groups is 1. The Morgan fingerprint density at radius 3 is 2.08 bits per heavy atom. The number of benzene rings is 2. The number of carbonyl (C=O) groups is 1. The summed E-state index contributed by atoms with van der Waals surface area (Å²) in [6.07, 6.45) is 1.15. The summed E-state index contributed by atoms with van der Waals surface area (Å²) < 4.78 is 12.6. The molecule has 4 rings (SSSR count). The van der Waals surface area contributed by atoms with Gasteiger partial charge in [0.25, 0.3) is 0 Å². The maximum absolute atomic E-state index is 11.3. The van der Waals surface area contributed by atoms with Crippen molar-refractivity contribution in [3.63, 3.8) is 0 Å². The topological polar surface area (TPSA) is 68.1 Å². The summed E-state index contributed by atoms with van der Waals surface area (Å²) in [6.45, 7) is 1.07. The van der Waals surface area contributed by atoms with Gasteiger partial charge in [0.05, 0.1) is 24.5 Å². The zero-order valence-electron chi connectivity index (χ0n) is 13.2. The fourth-order valence-corrected chi connectivity index (χ4v) is 3.26. The van der Waals surface area contributed by atoms with E-state index in [1.54, 1.807) is 6.07 Å². The second kappa shape index (κ2) is 8.01. The first-order valence-corrected chi connectivity index (χ1v) is 9.26. The molecule has 2 aromatic carbocycles. The Hall–Kier alpha value is -1.86. The van der Waals surface area contributed by atoms with Crippen LogP contribution in [0.5, 0.6) is 11.5 Å². The molecule has 0 atom stereocenters. The summed E-state index contributed by atoms with van der Waals surface area (Å²) in [6, 6.07) is 11.1. The fraction of sp³-hybridized carbons (Fsp3) is 0.222. The lowest BCUT2D eigenvalue weighted by atomic mass is 10.0. The summed E-state index contributed by atoms with van der Waals surface area (Å²) >= 11 is 6.67. The molecule has 0 bridgehead atoms. The Morgan fingerprint density at radius 1 is 0.880 bits per heavy atom. The molecular weight excluding hydrogens is 454 g/mol. The quantitative estimate of drug-likeness (QED) is 0.444. The molecule has 0 aromatic heterocycles. The van der Waals surface area contributed by atoms with Crippen LogP contribution in [-0.4, -0.2) is 29.9 Å². The molecule has 0 saturated carbocycles. The van der Waals surface area contributed by atoms with Gasteiger partial charge in [-0.2, -0.15) is 0 Å². The normalized spacial score (nSPS) is 16.7. The second-order valence-electron chi connectivity index (χ2n) is 5.45. The SMILES string of the molecule is O=C1CCOc2cc(Br)ccc21.ON=C1CCOc2cc(Br)ccc21. The number of rotatable bonds is 0. The van der Waals surface area contributed by atoms with E-state index in [9.17, 15) is 4.79 Å². The summed E-state index contributed by atoms with van der Waals surface area (Å²) in [5, 5.41) is 12.0. The first-order chi connectivity index (χ1) is 12.1. The molecule has 25 heavy (non-hydrogen) atoms. The third-order valence-electron chi connectivity index (χ3n) is 3.80. The Morgan fingerprint density at radius 2 is 1.44 bits per heavy atom. The van der Waals surface area contributed by atoms with E-state index >= 15 is 0 Å². The van der Waals surface area contributed by atoms with Crippen molar-refractivity contribution in [1.82, 2.24) is 0 Å².